The Morgan fingerprint density at radius 3 is 1.44 bits per heavy atom. The molecule has 2 nitrogen and oxygen atoms in total. The number of hydrogen-bond acceptors (Lipinski definition) is 2. The van der Waals surface area contributed by atoms with Gasteiger partial charge in [0, 0.05) is 11.1 Å². The fraction of sp³-hybridized carbons (Fsp3) is 0.222. The summed E-state index contributed by atoms with van der Waals surface area (Å²) in [6, 6.07) is 8.44. The van der Waals surface area contributed by atoms with E-state index in [4.69, 9.17) is 9.47 Å². The van der Waals surface area contributed by atoms with Crippen LogP contribution in [0.5, 0.6) is 11.5 Å². The van der Waals surface area contributed by atoms with Crippen LogP contribution in [0.25, 0.3) is 0 Å². The van der Waals surface area contributed by atoms with E-state index in [0.29, 0.717) is 0 Å². The van der Waals surface area contributed by atoms with E-state index < -0.39 is 44.1 Å². The number of benzene rings is 2. The Bertz CT molecular complexity index is 821. The standard InChI is InChI=1S/C18H14F6O2S/c1-25-13-7-3-5-11(9-13)17(21,22)15(19)27-16(20)18(23,24)12-6-4-8-14(10-12)26-2/h3-10H,1-2H3. The van der Waals surface area contributed by atoms with E-state index in [-0.39, 0.29) is 11.5 Å². The molecule has 27 heavy (non-hydrogen) atoms. The summed E-state index contributed by atoms with van der Waals surface area (Å²) in [6.45, 7) is 0. The van der Waals surface area contributed by atoms with Crippen molar-refractivity contribution in [2.75, 3.05) is 14.2 Å². The molecule has 0 spiro atoms. The first-order valence-electron chi connectivity index (χ1n) is 7.41. The number of halogens is 6. The molecule has 0 aromatic heterocycles. The fourth-order valence-corrected chi connectivity index (χ4v) is 2.72. The Labute approximate surface area is 154 Å². The van der Waals surface area contributed by atoms with Gasteiger partial charge >= 0.3 is 11.8 Å². The Hall–Kier alpha value is -2.42. The highest BCUT2D eigenvalue weighted by Gasteiger charge is 2.42. The van der Waals surface area contributed by atoms with Gasteiger partial charge in [-0.05, 0) is 24.3 Å². The molecule has 2 aromatic carbocycles. The predicted molar refractivity (Wildman–Crippen MR) is 93.6 cm³/mol. The molecular weight excluding hydrogens is 394 g/mol. The van der Waals surface area contributed by atoms with Gasteiger partial charge in [0.05, 0.1) is 14.2 Å². The lowest BCUT2D eigenvalue weighted by atomic mass is 10.1. The van der Waals surface area contributed by atoms with Crippen LogP contribution >= 0.6 is 10.9 Å². The fourth-order valence-electron chi connectivity index (χ4n) is 2.07. The molecule has 2 aromatic rings. The van der Waals surface area contributed by atoms with Crippen LogP contribution in [-0.4, -0.2) is 24.5 Å². The molecule has 0 bridgehead atoms. The van der Waals surface area contributed by atoms with Crippen molar-refractivity contribution in [2.24, 2.45) is 0 Å². The SMILES string of the molecule is COc1cccc(C(F)(F)C(F)=S=C(F)C(F)(F)c2cccc(OC)c2)c1. The Morgan fingerprint density at radius 1 is 0.741 bits per heavy atom. The largest absolute Gasteiger partial charge is 0.497 e. The van der Waals surface area contributed by atoms with Crippen molar-refractivity contribution in [3.05, 3.63) is 59.7 Å². The van der Waals surface area contributed by atoms with E-state index in [0.717, 1.165) is 24.3 Å². The van der Waals surface area contributed by atoms with Crippen LogP contribution in [0.4, 0.5) is 26.3 Å². The second-order valence-electron chi connectivity index (χ2n) is 5.26. The van der Waals surface area contributed by atoms with Gasteiger partial charge in [-0.25, -0.2) is 0 Å². The number of hydrogen-bond donors (Lipinski definition) is 0. The average molecular weight is 408 g/mol. The molecule has 0 aliphatic rings. The van der Waals surface area contributed by atoms with E-state index >= 15 is 0 Å². The topological polar surface area (TPSA) is 18.5 Å². The molecule has 0 atom stereocenters. The Morgan fingerprint density at radius 2 is 1.11 bits per heavy atom. The maximum atomic E-state index is 14.2. The van der Waals surface area contributed by atoms with Gasteiger partial charge in [0.1, 0.15) is 11.5 Å². The van der Waals surface area contributed by atoms with Crippen LogP contribution in [0.2, 0.25) is 0 Å². The van der Waals surface area contributed by atoms with E-state index in [1.165, 1.54) is 38.5 Å². The maximum Gasteiger partial charge on any atom is 0.333 e. The molecule has 0 unspecified atom stereocenters. The molecule has 0 amide bonds. The summed E-state index contributed by atoms with van der Waals surface area (Å²) in [5.41, 5.74) is -1.71. The molecule has 0 N–H and O–H groups in total. The minimum atomic E-state index is -4.30. The number of alkyl halides is 4. The zero-order chi connectivity index (χ0) is 20.2. The maximum absolute atomic E-state index is 14.2. The Kier molecular flexibility index (Phi) is 6.25. The summed E-state index contributed by atoms with van der Waals surface area (Å²) in [6.07, 6.45) is 0. The van der Waals surface area contributed by atoms with Crippen molar-refractivity contribution in [3.63, 3.8) is 0 Å². The van der Waals surface area contributed by atoms with Crippen LogP contribution in [0.1, 0.15) is 11.1 Å². The van der Waals surface area contributed by atoms with E-state index in [2.05, 4.69) is 0 Å². The third kappa shape index (κ3) is 4.47. The van der Waals surface area contributed by atoms with E-state index in [9.17, 15) is 26.3 Å². The Balaban J connectivity index is 2.49. The first-order chi connectivity index (χ1) is 12.6. The summed E-state index contributed by atoms with van der Waals surface area (Å²) in [4.78, 5) is 0. The zero-order valence-electron chi connectivity index (χ0n) is 14.1. The summed E-state index contributed by atoms with van der Waals surface area (Å²) in [5, 5.41) is -4.65. The smallest absolute Gasteiger partial charge is 0.333 e. The molecule has 146 valence electrons. The highest BCUT2D eigenvalue weighted by Crippen LogP contribution is 2.36. The van der Waals surface area contributed by atoms with Crippen LogP contribution in [-0.2, 0) is 11.8 Å². The zero-order valence-corrected chi connectivity index (χ0v) is 14.9. The molecule has 0 saturated heterocycles. The summed E-state index contributed by atoms with van der Waals surface area (Å²) >= 11 is 0. The van der Waals surface area contributed by atoms with Crippen LogP contribution in [0.3, 0.4) is 0 Å². The number of rotatable bonds is 6. The van der Waals surface area contributed by atoms with Crippen molar-refractivity contribution < 1.29 is 35.8 Å². The summed E-state index contributed by atoms with van der Waals surface area (Å²) in [5.74, 6) is -8.59. The van der Waals surface area contributed by atoms with Crippen molar-refractivity contribution in [2.45, 2.75) is 11.8 Å². The van der Waals surface area contributed by atoms with E-state index in [1.807, 2.05) is 0 Å². The van der Waals surface area contributed by atoms with Gasteiger partial charge in [-0.3, -0.25) is 0 Å². The molecule has 2 rings (SSSR count). The number of methoxy groups -OCH3 is 2. The van der Waals surface area contributed by atoms with Gasteiger partial charge in [0.2, 0.25) is 10.2 Å². The molecule has 0 radical (unpaired) electrons. The number of ether oxygens (including phenoxy) is 2. The van der Waals surface area contributed by atoms with Crippen LogP contribution in [0, 0.1) is 0 Å². The second-order valence-corrected chi connectivity index (χ2v) is 6.18. The quantitative estimate of drug-likeness (QED) is 0.356. The average Bonchev–Trinajstić information content (AvgIpc) is 2.67. The van der Waals surface area contributed by atoms with Crippen molar-refractivity contribution in [1.29, 1.82) is 0 Å². The normalized spacial score (nSPS) is 11.7. The summed E-state index contributed by atoms with van der Waals surface area (Å²) in [7, 11) is 1.48. The lowest BCUT2D eigenvalue weighted by Crippen LogP contribution is -2.24. The first kappa shape index (κ1) is 20.9. The molecule has 0 aliphatic carbocycles. The van der Waals surface area contributed by atoms with Gasteiger partial charge < -0.3 is 9.47 Å². The van der Waals surface area contributed by atoms with Gasteiger partial charge in [0.15, 0.2) is 0 Å². The molecule has 0 saturated carbocycles. The van der Waals surface area contributed by atoms with Crippen LogP contribution < -0.4 is 9.47 Å². The lowest BCUT2D eigenvalue weighted by molar-refractivity contribution is 0.0666. The lowest BCUT2D eigenvalue weighted by Gasteiger charge is -2.16. The highest BCUT2D eigenvalue weighted by atomic mass is 32.1. The molecular formula is C18H14F6O2S. The molecule has 9 heteroatoms. The highest BCUT2D eigenvalue weighted by molar-refractivity contribution is 7.97. The third-order valence-corrected chi connectivity index (χ3v) is 4.41. The van der Waals surface area contributed by atoms with Gasteiger partial charge in [-0.2, -0.15) is 26.3 Å². The summed E-state index contributed by atoms with van der Waals surface area (Å²) < 4.78 is 94.4. The van der Waals surface area contributed by atoms with Crippen molar-refractivity contribution >= 4 is 21.2 Å². The van der Waals surface area contributed by atoms with E-state index in [1.54, 1.807) is 0 Å². The van der Waals surface area contributed by atoms with Gasteiger partial charge in [-0.15, -0.1) is 0 Å². The molecule has 0 heterocycles. The third-order valence-electron chi connectivity index (χ3n) is 3.54. The van der Waals surface area contributed by atoms with Crippen molar-refractivity contribution in [1.82, 2.24) is 0 Å². The van der Waals surface area contributed by atoms with Gasteiger partial charge in [-0.1, -0.05) is 35.2 Å². The van der Waals surface area contributed by atoms with Crippen molar-refractivity contribution in [3.8, 4) is 11.5 Å². The predicted octanol–water partition coefficient (Wildman–Crippen LogP) is 5.52. The van der Waals surface area contributed by atoms with Crippen LogP contribution in [0.15, 0.2) is 48.5 Å². The second kappa shape index (κ2) is 8.08. The minimum Gasteiger partial charge on any atom is -0.497 e. The molecule has 0 aliphatic heterocycles. The van der Waals surface area contributed by atoms with Gasteiger partial charge in [0.25, 0.3) is 0 Å². The minimum absolute atomic E-state index is 0.0103. The monoisotopic (exact) mass is 408 g/mol. The molecule has 0 fully saturated rings. The first-order valence-corrected chi connectivity index (χ1v) is 8.23.